The molecule has 0 unspecified atom stereocenters. The normalized spacial score (nSPS) is 11.1. The lowest BCUT2D eigenvalue weighted by Gasteiger charge is -2.09. The van der Waals surface area contributed by atoms with Gasteiger partial charge < -0.3 is 4.57 Å². The summed E-state index contributed by atoms with van der Waals surface area (Å²) in [6.07, 6.45) is 1.68. The maximum absolute atomic E-state index is 12.1. The Hall–Kier alpha value is -2.66. The van der Waals surface area contributed by atoms with Crippen LogP contribution in [-0.4, -0.2) is 16.7 Å². The molecule has 0 saturated heterocycles. The molecule has 0 fully saturated rings. The van der Waals surface area contributed by atoms with Crippen molar-refractivity contribution in [1.29, 1.82) is 0 Å². The second kappa shape index (κ2) is 7.70. The molecule has 4 nitrogen and oxygen atoms in total. The number of aromatic nitrogens is 1. The summed E-state index contributed by atoms with van der Waals surface area (Å²) in [7, 11) is 0. The first-order valence-corrected chi connectivity index (χ1v) is 9.10. The molecule has 132 valence electrons. The van der Waals surface area contributed by atoms with Crippen LogP contribution < -0.4 is 5.43 Å². The quantitative estimate of drug-likeness (QED) is 0.481. The van der Waals surface area contributed by atoms with Crippen LogP contribution >= 0.6 is 15.9 Å². The lowest BCUT2D eigenvalue weighted by Crippen LogP contribution is -2.17. The number of halogens is 1. The van der Waals surface area contributed by atoms with Crippen molar-refractivity contribution < 1.29 is 4.79 Å². The summed E-state index contributed by atoms with van der Waals surface area (Å²) in [5.74, 6) is -0.219. The van der Waals surface area contributed by atoms with E-state index < -0.39 is 0 Å². The van der Waals surface area contributed by atoms with Crippen molar-refractivity contribution in [1.82, 2.24) is 9.99 Å². The van der Waals surface area contributed by atoms with Crippen molar-refractivity contribution in [2.24, 2.45) is 5.10 Å². The summed E-state index contributed by atoms with van der Waals surface area (Å²) < 4.78 is 3.21. The number of hydrogen-bond donors (Lipinski definition) is 1. The Labute approximate surface area is 161 Å². The third-order valence-electron chi connectivity index (χ3n) is 4.24. The topological polar surface area (TPSA) is 46.4 Å². The molecular formula is C21H20BrN3O. The lowest BCUT2D eigenvalue weighted by atomic mass is 10.1. The van der Waals surface area contributed by atoms with Crippen molar-refractivity contribution in [3.05, 3.63) is 87.1 Å². The highest BCUT2D eigenvalue weighted by atomic mass is 79.9. The number of rotatable bonds is 4. The molecule has 0 bridgehead atoms. The van der Waals surface area contributed by atoms with Crippen LogP contribution in [0.3, 0.4) is 0 Å². The molecule has 5 heteroatoms. The molecule has 0 saturated carbocycles. The van der Waals surface area contributed by atoms with Crippen LogP contribution in [-0.2, 0) is 0 Å². The largest absolute Gasteiger partial charge is 0.318 e. The van der Waals surface area contributed by atoms with Gasteiger partial charge in [0.1, 0.15) is 0 Å². The molecule has 1 amide bonds. The number of nitrogens with zero attached hydrogens (tertiary/aromatic N) is 2. The van der Waals surface area contributed by atoms with Crippen LogP contribution in [0.5, 0.6) is 0 Å². The van der Waals surface area contributed by atoms with Crippen molar-refractivity contribution in [3.8, 4) is 5.69 Å². The minimum absolute atomic E-state index is 0.219. The van der Waals surface area contributed by atoms with E-state index in [1.807, 2.05) is 38.1 Å². The van der Waals surface area contributed by atoms with Crippen molar-refractivity contribution >= 4 is 28.1 Å². The lowest BCUT2D eigenvalue weighted by molar-refractivity contribution is 0.0955. The van der Waals surface area contributed by atoms with Gasteiger partial charge in [-0.25, -0.2) is 5.43 Å². The molecule has 3 rings (SSSR count). The van der Waals surface area contributed by atoms with E-state index in [2.05, 4.69) is 56.1 Å². The average Bonchev–Trinajstić information content (AvgIpc) is 2.90. The summed E-state index contributed by atoms with van der Waals surface area (Å²) in [5.41, 5.74) is 8.52. The fraction of sp³-hybridized carbons (Fsp3) is 0.143. The van der Waals surface area contributed by atoms with E-state index in [4.69, 9.17) is 0 Å². The van der Waals surface area contributed by atoms with Gasteiger partial charge in [0, 0.05) is 32.7 Å². The Balaban J connectivity index is 1.77. The first-order valence-electron chi connectivity index (χ1n) is 8.30. The predicted octanol–water partition coefficient (Wildman–Crippen LogP) is 4.93. The second-order valence-corrected chi connectivity index (χ2v) is 7.12. The average molecular weight is 410 g/mol. The molecule has 0 aliphatic carbocycles. The Morgan fingerprint density at radius 3 is 2.35 bits per heavy atom. The molecule has 0 atom stereocenters. The molecule has 0 radical (unpaired) electrons. The Bertz CT molecular complexity index is 954. The Morgan fingerprint density at radius 1 is 1.04 bits per heavy atom. The fourth-order valence-electron chi connectivity index (χ4n) is 2.84. The third-order valence-corrected chi connectivity index (χ3v) is 4.77. The molecule has 2 aromatic carbocycles. The van der Waals surface area contributed by atoms with E-state index in [0.29, 0.717) is 5.56 Å². The maximum atomic E-state index is 12.1. The highest BCUT2D eigenvalue weighted by Gasteiger charge is 2.09. The van der Waals surface area contributed by atoms with E-state index in [-0.39, 0.29) is 5.91 Å². The standard InChI is InChI=1S/C21H20BrN3O/c1-14-4-6-17(7-5-14)21(26)24-23-13-18-12-15(2)25(16(18)3)20-10-8-19(22)9-11-20/h4-13H,1-3H3,(H,24,26)/b23-13-. The second-order valence-electron chi connectivity index (χ2n) is 6.20. The van der Waals surface area contributed by atoms with Gasteiger partial charge in [-0.2, -0.15) is 5.10 Å². The summed E-state index contributed by atoms with van der Waals surface area (Å²) in [6, 6.07) is 17.6. The summed E-state index contributed by atoms with van der Waals surface area (Å²) in [5, 5.41) is 4.12. The molecular weight excluding hydrogens is 390 g/mol. The number of hydrazone groups is 1. The fourth-order valence-corrected chi connectivity index (χ4v) is 3.10. The molecule has 1 aromatic heterocycles. The zero-order valence-electron chi connectivity index (χ0n) is 15.0. The maximum Gasteiger partial charge on any atom is 0.271 e. The van der Waals surface area contributed by atoms with Gasteiger partial charge in [0.25, 0.3) is 5.91 Å². The van der Waals surface area contributed by atoms with E-state index in [1.54, 1.807) is 18.3 Å². The molecule has 3 aromatic rings. The zero-order valence-corrected chi connectivity index (χ0v) is 16.5. The van der Waals surface area contributed by atoms with Crippen molar-refractivity contribution in [3.63, 3.8) is 0 Å². The first-order chi connectivity index (χ1) is 12.5. The van der Waals surface area contributed by atoms with Crippen LogP contribution in [0.25, 0.3) is 5.69 Å². The highest BCUT2D eigenvalue weighted by Crippen LogP contribution is 2.21. The van der Waals surface area contributed by atoms with Crippen LogP contribution in [0.1, 0.15) is 32.9 Å². The number of carbonyl (C=O) groups excluding carboxylic acids is 1. The van der Waals surface area contributed by atoms with Gasteiger partial charge in [-0.15, -0.1) is 0 Å². The van der Waals surface area contributed by atoms with Gasteiger partial charge in [0.05, 0.1) is 6.21 Å². The number of hydrogen-bond acceptors (Lipinski definition) is 2. The molecule has 1 heterocycles. The van der Waals surface area contributed by atoms with Gasteiger partial charge in [-0.3, -0.25) is 4.79 Å². The minimum Gasteiger partial charge on any atom is -0.318 e. The number of amides is 1. The Morgan fingerprint density at radius 2 is 1.69 bits per heavy atom. The smallest absolute Gasteiger partial charge is 0.271 e. The number of aryl methyl sites for hydroxylation is 2. The summed E-state index contributed by atoms with van der Waals surface area (Å²) in [6.45, 7) is 6.08. The van der Waals surface area contributed by atoms with Crippen LogP contribution in [0.4, 0.5) is 0 Å². The minimum atomic E-state index is -0.219. The van der Waals surface area contributed by atoms with E-state index in [0.717, 1.165) is 32.7 Å². The highest BCUT2D eigenvalue weighted by molar-refractivity contribution is 9.10. The SMILES string of the molecule is Cc1ccc(C(=O)N/N=C\c2cc(C)n(-c3ccc(Br)cc3)c2C)cc1. The molecule has 0 spiro atoms. The van der Waals surface area contributed by atoms with Gasteiger partial charge in [0.15, 0.2) is 0 Å². The monoisotopic (exact) mass is 409 g/mol. The molecule has 1 N–H and O–H groups in total. The van der Waals surface area contributed by atoms with Crippen LogP contribution in [0.15, 0.2) is 64.2 Å². The third kappa shape index (κ3) is 3.94. The van der Waals surface area contributed by atoms with E-state index in [9.17, 15) is 4.79 Å². The first kappa shape index (κ1) is 18.1. The number of carbonyl (C=O) groups is 1. The summed E-state index contributed by atoms with van der Waals surface area (Å²) in [4.78, 5) is 12.1. The molecule has 0 aliphatic rings. The van der Waals surface area contributed by atoms with E-state index in [1.165, 1.54) is 0 Å². The van der Waals surface area contributed by atoms with Gasteiger partial charge in [0.2, 0.25) is 0 Å². The van der Waals surface area contributed by atoms with Gasteiger partial charge in [-0.05, 0) is 63.2 Å². The number of nitrogens with one attached hydrogen (secondary N) is 1. The predicted molar refractivity (Wildman–Crippen MR) is 109 cm³/mol. The molecule has 0 aliphatic heterocycles. The van der Waals surface area contributed by atoms with Crippen molar-refractivity contribution in [2.45, 2.75) is 20.8 Å². The van der Waals surface area contributed by atoms with Gasteiger partial charge in [-0.1, -0.05) is 33.6 Å². The van der Waals surface area contributed by atoms with E-state index >= 15 is 0 Å². The number of benzene rings is 2. The Kier molecular flexibility index (Phi) is 5.38. The van der Waals surface area contributed by atoms with Crippen molar-refractivity contribution in [2.75, 3.05) is 0 Å². The molecule has 26 heavy (non-hydrogen) atoms. The summed E-state index contributed by atoms with van der Waals surface area (Å²) >= 11 is 3.46. The van der Waals surface area contributed by atoms with Crippen LogP contribution in [0.2, 0.25) is 0 Å². The zero-order chi connectivity index (χ0) is 18.7. The van der Waals surface area contributed by atoms with Gasteiger partial charge >= 0.3 is 0 Å². The van der Waals surface area contributed by atoms with Crippen LogP contribution in [0, 0.1) is 20.8 Å².